The Labute approximate surface area is 189 Å². The van der Waals surface area contributed by atoms with Gasteiger partial charge < -0.3 is 9.47 Å². The van der Waals surface area contributed by atoms with Gasteiger partial charge in [-0.25, -0.2) is 0 Å². The van der Waals surface area contributed by atoms with Crippen LogP contribution in [0.25, 0.3) is 11.1 Å². The van der Waals surface area contributed by atoms with Crippen molar-refractivity contribution in [2.24, 2.45) is 5.92 Å². The second-order valence-electron chi connectivity index (χ2n) is 8.91. The smallest absolute Gasteiger partial charge is 0.134 e. The van der Waals surface area contributed by atoms with E-state index in [0.29, 0.717) is 5.92 Å². The SMILES string of the molecule is C=C(C)C1CCC(C)=CC1c1c(OC)cc(CCCCC)c(-c2ccccc2)c1OC. The minimum atomic E-state index is 0.211. The number of methoxy groups -OCH3 is 2. The Balaban J connectivity index is 2.28. The van der Waals surface area contributed by atoms with E-state index in [1.165, 1.54) is 47.1 Å². The topological polar surface area (TPSA) is 18.5 Å². The third kappa shape index (κ3) is 5.06. The van der Waals surface area contributed by atoms with Gasteiger partial charge in [0.15, 0.2) is 0 Å². The lowest BCUT2D eigenvalue weighted by atomic mass is 9.73. The molecule has 1 aliphatic carbocycles. The van der Waals surface area contributed by atoms with Crippen molar-refractivity contribution < 1.29 is 9.47 Å². The largest absolute Gasteiger partial charge is 0.496 e. The Morgan fingerprint density at radius 1 is 1.10 bits per heavy atom. The minimum Gasteiger partial charge on any atom is -0.496 e. The summed E-state index contributed by atoms with van der Waals surface area (Å²) >= 11 is 0. The molecule has 166 valence electrons. The zero-order chi connectivity index (χ0) is 22.4. The number of rotatable bonds is 9. The molecule has 0 bridgehead atoms. The summed E-state index contributed by atoms with van der Waals surface area (Å²) in [4.78, 5) is 0. The van der Waals surface area contributed by atoms with E-state index in [1.54, 1.807) is 14.2 Å². The molecule has 3 rings (SSSR count). The first kappa shape index (κ1) is 23.2. The summed E-state index contributed by atoms with van der Waals surface area (Å²) < 4.78 is 12.2. The van der Waals surface area contributed by atoms with Crippen molar-refractivity contribution in [3.63, 3.8) is 0 Å². The molecule has 0 aliphatic heterocycles. The van der Waals surface area contributed by atoms with E-state index >= 15 is 0 Å². The molecule has 2 heteroatoms. The van der Waals surface area contributed by atoms with Gasteiger partial charge >= 0.3 is 0 Å². The molecule has 1 aliphatic rings. The van der Waals surface area contributed by atoms with Crippen molar-refractivity contribution in [2.45, 2.75) is 65.2 Å². The van der Waals surface area contributed by atoms with E-state index in [4.69, 9.17) is 9.47 Å². The molecule has 2 aromatic carbocycles. The van der Waals surface area contributed by atoms with Gasteiger partial charge in [0.2, 0.25) is 0 Å². The van der Waals surface area contributed by atoms with Crippen LogP contribution in [-0.4, -0.2) is 14.2 Å². The Morgan fingerprint density at radius 3 is 2.45 bits per heavy atom. The summed E-state index contributed by atoms with van der Waals surface area (Å²) in [5.74, 6) is 2.49. The average Bonchev–Trinajstić information content (AvgIpc) is 2.78. The summed E-state index contributed by atoms with van der Waals surface area (Å²) in [6.07, 6.45) is 9.28. The molecular formula is C29H38O2. The minimum absolute atomic E-state index is 0.211. The predicted molar refractivity (Wildman–Crippen MR) is 132 cm³/mol. The Morgan fingerprint density at radius 2 is 1.84 bits per heavy atom. The normalized spacial score (nSPS) is 18.4. The Kier molecular flexibility index (Phi) is 8.01. The third-order valence-electron chi connectivity index (χ3n) is 6.61. The predicted octanol–water partition coefficient (Wildman–Crippen LogP) is 8.12. The Hall–Kier alpha value is -2.48. The van der Waals surface area contributed by atoms with Crippen molar-refractivity contribution in [3.8, 4) is 22.6 Å². The lowest BCUT2D eigenvalue weighted by Gasteiger charge is -2.33. The highest BCUT2D eigenvalue weighted by atomic mass is 16.5. The van der Waals surface area contributed by atoms with Crippen molar-refractivity contribution >= 4 is 0 Å². The highest BCUT2D eigenvalue weighted by molar-refractivity contribution is 5.78. The van der Waals surface area contributed by atoms with Crippen LogP contribution in [0.2, 0.25) is 0 Å². The summed E-state index contributed by atoms with van der Waals surface area (Å²) in [6, 6.07) is 12.9. The zero-order valence-electron chi connectivity index (χ0n) is 20.0. The maximum absolute atomic E-state index is 6.20. The number of benzene rings is 2. The third-order valence-corrected chi connectivity index (χ3v) is 6.61. The lowest BCUT2D eigenvalue weighted by Crippen LogP contribution is -2.19. The second kappa shape index (κ2) is 10.7. The maximum Gasteiger partial charge on any atom is 0.134 e. The quantitative estimate of drug-likeness (QED) is 0.302. The molecule has 0 fully saturated rings. The molecule has 31 heavy (non-hydrogen) atoms. The van der Waals surface area contributed by atoms with E-state index in [-0.39, 0.29) is 5.92 Å². The molecule has 0 saturated heterocycles. The fraction of sp³-hybridized carbons (Fsp3) is 0.448. The maximum atomic E-state index is 6.20. The molecule has 0 spiro atoms. The standard InChI is InChI=1S/C29H38O2/c1-7-8-10-15-23-19-26(30-5)28(25-18-21(4)16-17-24(25)20(2)3)29(31-6)27(23)22-13-11-9-12-14-22/h9,11-14,18-19,24-25H,2,7-8,10,15-17H2,1,3-6H3. The monoisotopic (exact) mass is 418 g/mol. The first-order chi connectivity index (χ1) is 15.0. The fourth-order valence-corrected chi connectivity index (χ4v) is 4.99. The molecule has 0 radical (unpaired) electrons. The zero-order valence-corrected chi connectivity index (χ0v) is 20.0. The van der Waals surface area contributed by atoms with Crippen molar-refractivity contribution in [1.82, 2.24) is 0 Å². The molecule has 2 aromatic rings. The molecule has 0 aromatic heterocycles. The van der Waals surface area contributed by atoms with Crippen LogP contribution in [0.15, 0.2) is 60.2 Å². The van der Waals surface area contributed by atoms with Gasteiger partial charge in [-0.15, -0.1) is 0 Å². The number of hydrogen-bond acceptors (Lipinski definition) is 2. The van der Waals surface area contributed by atoms with E-state index in [1.807, 2.05) is 0 Å². The molecule has 0 saturated carbocycles. The highest BCUT2D eigenvalue weighted by Crippen LogP contribution is 2.51. The summed E-state index contributed by atoms with van der Waals surface area (Å²) in [5, 5.41) is 0. The van der Waals surface area contributed by atoms with Crippen molar-refractivity contribution in [3.05, 3.63) is 71.3 Å². The fourth-order valence-electron chi connectivity index (χ4n) is 4.99. The molecule has 2 atom stereocenters. The first-order valence-corrected chi connectivity index (χ1v) is 11.7. The van der Waals surface area contributed by atoms with Gasteiger partial charge in [0.25, 0.3) is 0 Å². The molecule has 0 amide bonds. The van der Waals surface area contributed by atoms with Crippen LogP contribution < -0.4 is 9.47 Å². The van der Waals surface area contributed by atoms with E-state index < -0.39 is 0 Å². The van der Waals surface area contributed by atoms with Gasteiger partial charge in [0, 0.05) is 17.0 Å². The van der Waals surface area contributed by atoms with Gasteiger partial charge in [0.05, 0.1) is 14.2 Å². The molecule has 2 nitrogen and oxygen atoms in total. The van der Waals surface area contributed by atoms with E-state index in [2.05, 4.69) is 69.8 Å². The molecular weight excluding hydrogens is 380 g/mol. The van der Waals surface area contributed by atoms with Gasteiger partial charge in [-0.2, -0.15) is 0 Å². The van der Waals surface area contributed by atoms with E-state index in [0.717, 1.165) is 36.3 Å². The van der Waals surface area contributed by atoms with Gasteiger partial charge in [-0.1, -0.05) is 73.9 Å². The number of unbranched alkanes of at least 4 members (excludes halogenated alkanes) is 2. The number of ether oxygens (including phenoxy) is 2. The molecule has 2 unspecified atom stereocenters. The Bertz CT molecular complexity index is 923. The number of allylic oxidation sites excluding steroid dienone is 3. The van der Waals surface area contributed by atoms with Crippen molar-refractivity contribution in [1.29, 1.82) is 0 Å². The average molecular weight is 419 g/mol. The van der Waals surface area contributed by atoms with Crippen LogP contribution >= 0.6 is 0 Å². The highest BCUT2D eigenvalue weighted by Gasteiger charge is 2.32. The van der Waals surface area contributed by atoms with Crippen LogP contribution in [0.1, 0.15) is 69.9 Å². The van der Waals surface area contributed by atoms with Gasteiger partial charge in [-0.05, 0) is 62.6 Å². The summed E-state index contributed by atoms with van der Waals surface area (Å²) in [7, 11) is 3.58. The van der Waals surface area contributed by atoms with Gasteiger partial charge in [0.1, 0.15) is 11.5 Å². The molecule has 0 N–H and O–H groups in total. The van der Waals surface area contributed by atoms with E-state index in [9.17, 15) is 0 Å². The number of aryl methyl sites for hydroxylation is 1. The second-order valence-corrected chi connectivity index (χ2v) is 8.91. The van der Waals surface area contributed by atoms with Crippen molar-refractivity contribution in [2.75, 3.05) is 14.2 Å². The molecule has 0 heterocycles. The van der Waals surface area contributed by atoms with Crippen LogP contribution in [0, 0.1) is 5.92 Å². The lowest BCUT2D eigenvalue weighted by molar-refractivity contribution is 0.369. The van der Waals surface area contributed by atoms with Gasteiger partial charge in [-0.3, -0.25) is 0 Å². The first-order valence-electron chi connectivity index (χ1n) is 11.7. The van der Waals surface area contributed by atoms with Crippen LogP contribution in [0.5, 0.6) is 11.5 Å². The van der Waals surface area contributed by atoms with Crippen LogP contribution in [0.4, 0.5) is 0 Å². The van der Waals surface area contributed by atoms with Crippen LogP contribution in [0.3, 0.4) is 0 Å². The summed E-state index contributed by atoms with van der Waals surface area (Å²) in [6.45, 7) is 11.0. The van der Waals surface area contributed by atoms with Crippen LogP contribution in [-0.2, 0) is 6.42 Å². The summed E-state index contributed by atoms with van der Waals surface area (Å²) in [5.41, 5.74) is 7.55. The number of hydrogen-bond donors (Lipinski definition) is 0.